The Labute approximate surface area is 52.1 Å². The van der Waals surface area contributed by atoms with Gasteiger partial charge in [-0.2, -0.15) is 10.5 Å². The quantitative estimate of drug-likeness (QED) is 0.391. The smallest absolute Gasteiger partial charge is 0.0799 e. The fourth-order valence-electron chi connectivity index (χ4n) is 0.571. The number of hydrogen-bond acceptors (Lipinski definition) is 1. The molecule has 0 saturated heterocycles. The Morgan fingerprint density at radius 3 is 3.25 bits per heavy atom. The van der Waals surface area contributed by atoms with Crippen LogP contribution in [0.5, 0.6) is 0 Å². The molecule has 1 nitrogen and oxygen atoms in total. The molecule has 0 radical (unpaired) electrons. The van der Waals surface area contributed by atoms with Gasteiger partial charge in [-0.25, -0.2) is 0 Å². The zero-order valence-corrected chi connectivity index (χ0v) is 5.53. The van der Waals surface area contributed by atoms with Crippen LogP contribution >= 0.6 is 10.5 Å². The first-order chi connectivity index (χ1) is 3.93. The molecular weight excluding hydrogens is 118 g/mol. The highest BCUT2D eigenvalue weighted by Gasteiger charge is 1.92. The molecule has 8 heavy (non-hydrogen) atoms. The van der Waals surface area contributed by atoms with Crippen molar-refractivity contribution in [3.63, 3.8) is 0 Å². The first kappa shape index (κ1) is 5.76. The van der Waals surface area contributed by atoms with Crippen LogP contribution in [0.15, 0.2) is 17.6 Å². The van der Waals surface area contributed by atoms with E-state index in [1.54, 1.807) is 0 Å². The lowest BCUT2D eigenvalue weighted by molar-refractivity contribution is 1.41. The number of hydrogen-bond donors (Lipinski definition) is 0. The molecule has 0 fully saturated rings. The van der Waals surface area contributed by atoms with Crippen LogP contribution in [0.1, 0.15) is 0 Å². The number of aliphatic imine (C=N–C) groups is 1. The van der Waals surface area contributed by atoms with Gasteiger partial charge in [0.05, 0.1) is 5.88 Å². The van der Waals surface area contributed by atoms with Crippen LogP contribution in [0.4, 0.5) is 0 Å². The molecule has 2 heteroatoms. The van der Waals surface area contributed by atoms with Crippen LogP contribution in [0.25, 0.3) is 0 Å². The average Bonchev–Trinajstić information content (AvgIpc) is 2.19. The van der Waals surface area contributed by atoms with E-state index in [4.69, 9.17) is 0 Å². The van der Waals surface area contributed by atoms with Crippen molar-refractivity contribution in [1.29, 1.82) is 0 Å². The highest BCUT2D eigenvalue weighted by Crippen LogP contribution is 2.13. The summed E-state index contributed by atoms with van der Waals surface area (Å²) in [5.41, 5.74) is 0. The van der Waals surface area contributed by atoms with E-state index >= 15 is 0 Å². The largest absolute Gasteiger partial charge is 0.282 e. The average molecular weight is 127 g/mol. The second-order valence-electron chi connectivity index (χ2n) is 1.59. The van der Waals surface area contributed by atoms with E-state index in [1.165, 1.54) is 0 Å². The second-order valence-corrected chi connectivity index (χ2v) is 3.53. The summed E-state index contributed by atoms with van der Waals surface area (Å²) in [7, 11) is 0.407. The fourth-order valence-corrected chi connectivity index (χ4v) is 1.71. The van der Waals surface area contributed by atoms with Gasteiger partial charge in [-0.1, -0.05) is 6.08 Å². The summed E-state index contributed by atoms with van der Waals surface area (Å²) in [6, 6.07) is 0. The Kier molecular flexibility index (Phi) is 2.03. The van der Waals surface area contributed by atoms with Crippen LogP contribution in [-0.4, -0.2) is 23.2 Å². The van der Waals surface area contributed by atoms with Gasteiger partial charge in [0, 0.05) is 12.0 Å². The lowest BCUT2D eigenvalue weighted by Crippen LogP contribution is -1.75. The Bertz CT molecular complexity index is 147. The van der Waals surface area contributed by atoms with Crippen molar-refractivity contribution in [2.24, 2.45) is 4.99 Å². The normalized spacial score (nSPS) is 25.2. The van der Waals surface area contributed by atoms with Crippen LogP contribution in [-0.2, 0) is 0 Å². The van der Waals surface area contributed by atoms with Gasteiger partial charge in [-0.3, -0.25) is 4.99 Å². The molecule has 0 spiro atoms. The minimum atomic E-state index is 0.407. The molecule has 0 bridgehead atoms. The van der Waals surface area contributed by atoms with Crippen LogP contribution in [0.3, 0.4) is 0 Å². The topological polar surface area (TPSA) is 12.4 Å². The lowest BCUT2D eigenvalue weighted by Gasteiger charge is -1.92. The van der Waals surface area contributed by atoms with Gasteiger partial charge in [0.2, 0.25) is 0 Å². The van der Waals surface area contributed by atoms with Gasteiger partial charge in [0.15, 0.2) is 0 Å². The molecule has 0 aromatic heterocycles. The van der Waals surface area contributed by atoms with Gasteiger partial charge < -0.3 is 0 Å². The van der Waals surface area contributed by atoms with Crippen LogP contribution in [0, 0.1) is 0 Å². The van der Waals surface area contributed by atoms with E-state index in [2.05, 4.69) is 16.9 Å². The molecule has 0 N–H and O–H groups in total. The molecule has 0 saturated carbocycles. The predicted molar refractivity (Wildman–Crippen MR) is 42.1 cm³/mol. The van der Waals surface area contributed by atoms with E-state index in [0.29, 0.717) is 10.5 Å². The Balaban J connectivity index is 2.39. The summed E-state index contributed by atoms with van der Waals surface area (Å²) >= 11 is 0. The molecule has 1 atom stereocenters. The summed E-state index contributed by atoms with van der Waals surface area (Å²) < 4.78 is 0. The monoisotopic (exact) mass is 127 g/mol. The van der Waals surface area contributed by atoms with Crippen LogP contribution in [0.2, 0.25) is 0 Å². The summed E-state index contributed by atoms with van der Waals surface area (Å²) in [5, 5.41) is 2.15. The maximum absolute atomic E-state index is 4.07. The third kappa shape index (κ3) is 1.30. The Morgan fingerprint density at radius 1 is 1.88 bits per heavy atom. The maximum Gasteiger partial charge on any atom is 0.0799 e. The van der Waals surface area contributed by atoms with E-state index in [0.717, 1.165) is 11.6 Å². The van der Waals surface area contributed by atoms with Crippen molar-refractivity contribution in [2.75, 3.05) is 11.6 Å². The van der Waals surface area contributed by atoms with Crippen molar-refractivity contribution >= 4 is 22.1 Å². The lowest BCUT2D eigenvalue weighted by atomic mass is 10.8. The van der Waals surface area contributed by atoms with Gasteiger partial charge in [0.25, 0.3) is 0 Å². The highest BCUT2D eigenvalue weighted by molar-refractivity contribution is 8.16. The first-order valence-corrected chi connectivity index (χ1v) is 4.16. The molecule has 0 aromatic carbocycles. The minimum Gasteiger partial charge on any atom is -0.282 e. The van der Waals surface area contributed by atoms with Gasteiger partial charge in [-0.15, -0.1) is 6.58 Å². The fraction of sp³-hybridized carbons (Fsp3) is 0.333. The molecule has 0 amide bonds. The highest BCUT2D eigenvalue weighted by atomic mass is 32.2. The third-order valence-electron chi connectivity index (χ3n) is 0.931. The molecule has 1 rings (SSSR count). The first-order valence-electron chi connectivity index (χ1n) is 2.54. The van der Waals surface area contributed by atoms with Crippen molar-refractivity contribution in [2.45, 2.75) is 0 Å². The second kappa shape index (κ2) is 2.82. The molecule has 1 unspecified atom stereocenters. The summed E-state index contributed by atoms with van der Waals surface area (Å²) in [6.07, 6.45) is 3.85. The molecule has 44 valence electrons. The molecule has 1 aliphatic rings. The Morgan fingerprint density at radius 2 is 2.75 bits per heavy atom. The van der Waals surface area contributed by atoms with E-state index in [1.807, 2.05) is 12.3 Å². The molecule has 0 aromatic rings. The summed E-state index contributed by atoms with van der Waals surface area (Å²) in [6.45, 7) is 3.66. The third-order valence-corrected chi connectivity index (χ3v) is 2.58. The summed E-state index contributed by atoms with van der Waals surface area (Å²) in [4.78, 5) is 4.07. The SMILES string of the molecule is C=CCS1=CC=NC1. The maximum atomic E-state index is 4.07. The van der Waals surface area contributed by atoms with E-state index in [-0.39, 0.29) is 0 Å². The minimum absolute atomic E-state index is 0.407. The predicted octanol–water partition coefficient (Wildman–Crippen LogP) is 1.29. The molecule has 1 heterocycles. The number of nitrogens with zero attached hydrogens (tertiary/aromatic N) is 1. The van der Waals surface area contributed by atoms with Gasteiger partial charge in [-0.05, 0) is 5.37 Å². The number of rotatable bonds is 2. The van der Waals surface area contributed by atoms with Crippen molar-refractivity contribution in [1.82, 2.24) is 0 Å². The van der Waals surface area contributed by atoms with Crippen LogP contribution < -0.4 is 0 Å². The molecule has 0 aliphatic carbocycles. The van der Waals surface area contributed by atoms with Gasteiger partial charge >= 0.3 is 0 Å². The molecule has 1 aliphatic heterocycles. The Hall–Kier alpha value is -0.370. The van der Waals surface area contributed by atoms with Crippen molar-refractivity contribution < 1.29 is 0 Å². The van der Waals surface area contributed by atoms with Crippen molar-refractivity contribution in [3.8, 4) is 0 Å². The molecular formula is C6H9NS. The summed E-state index contributed by atoms with van der Waals surface area (Å²) in [5.74, 6) is 2.09. The van der Waals surface area contributed by atoms with Gasteiger partial charge in [0.1, 0.15) is 0 Å². The van der Waals surface area contributed by atoms with E-state index < -0.39 is 0 Å². The van der Waals surface area contributed by atoms with E-state index in [9.17, 15) is 0 Å². The zero-order chi connectivity index (χ0) is 5.82. The van der Waals surface area contributed by atoms with Crippen molar-refractivity contribution in [3.05, 3.63) is 12.7 Å². The zero-order valence-electron chi connectivity index (χ0n) is 4.71. The standard InChI is InChI=1S/C6H9NS/c1-2-4-8-5-3-7-6-8/h2-3,5H,1,4,6H2.